The average Bonchev–Trinajstić information content (AvgIpc) is 2.40. The second kappa shape index (κ2) is 2.34. The molecule has 0 fully saturated rings. The van der Waals surface area contributed by atoms with E-state index >= 15 is 0 Å². The van der Waals surface area contributed by atoms with Gasteiger partial charge in [-0.15, -0.1) is 0 Å². The lowest BCUT2D eigenvalue weighted by molar-refractivity contribution is -0.126. The lowest BCUT2D eigenvalue weighted by atomic mass is 10.1. The maximum atomic E-state index is 10.9. The van der Waals surface area contributed by atoms with Crippen LogP contribution in [-0.2, 0) is 4.79 Å². The molecule has 0 atom stereocenters. The quantitative estimate of drug-likeness (QED) is 0.266. The molecule has 1 N–H and O–H groups in total. The van der Waals surface area contributed by atoms with E-state index in [9.17, 15) is 4.79 Å². The first kappa shape index (κ1) is 6.84. The van der Waals surface area contributed by atoms with Crippen LogP contribution in [0.25, 0.3) is 0 Å². The summed E-state index contributed by atoms with van der Waals surface area (Å²) in [6.07, 6.45) is 0. The lowest BCUT2D eigenvalue weighted by Crippen LogP contribution is -2.12. The van der Waals surface area contributed by atoms with Gasteiger partial charge in [0.2, 0.25) is 0 Å². The van der Waals surface area contributed by atoms with Crippen molar-refractivity contribution in [2.24, 2.45) is 5.16 Å². The third-order valence-electron chi connectivity index (χ3n) is 1.64. The monoisotopic (exact) mass is 163 g/mol. The molecule has 0 unspecified atom stereocenters. The summed E-state index contributed by atoms with van der Waals surface area (Å²) in [6.45, 7) is 0. The first-order chi connectivity index (χ1) is 5.83. The van der Waals surface area contributed by atoms with Crippen LogP contribution in [0.5, 0.6) is 5.75 Å². The van der Waals surface area contributed by atoms with Gasteiger partial charge in [0.25, 0.3) is 0 Å². The van der Waals surface area contributed by atoms with Crippen molar-refractivity contribution >= 4 is 11.7 Å². The molecular weight excluding hydrogens is 158 g/mol. The predicted molar refractivity (Wildman–Crippen MR) is 40.4 cm³/mol. The van der Waals surface area contributed by atoms with E-state index in [-0.39, 0.29) is 5.71 Å². The summed E-state index contributed by atoms with van der Waals surface area (Å²) in [5, 5.41) is 11.3. The standard InChI is InChI=1S/C8H5NO3/c10-8-7(9-11)5-3-1-2-4-6(5)12-8/h1-4,11H. The highest BCUT2D eigenvalue weighted by molar-refractivity contribution is 6.46. The van der Waals surface area contributed by atoms with E-state index in [0.717, 1.165) is 0 Å². The molecule has 60 valence electrons. The van der Waals surface area contributed by atoms with Gasteiger partial charge in [0.05, 0.1) is 5.56 Å². The molecule has 0 spiro atoms. The number of rotatable bonds is 0. The number of fused-ring (bicyclic) bond motifs is 1. The molecule has 0 saturated carbocycles. The van der Waals surface area contributed by atoms with Crippen LogP contribution in [0.4, 0.5) is 0 Å². The number of benzene rings is 1. The Morgan fingerprint density at radius 2 is 2.08 bits per heavy atom. The minimum absolute atomic E-state index is 0.0365. The van der Waals surface area contributed by atoms with Gasteiger partial charge in [0, 0.05) is 0 Å². The van der Waals surface area contributed by atoms with Crippen LogP contribution in [0.2, 0.25) is 0 Å². The molecule has 4 nitrogen and oxygen atoms in total. The molecule has 0 radical (unpaired) electrons. The van der Waals surface area contributed by atoms with Crippen molar-refractivity contribution in [3.8, 4) is 5.75 Å². The van der Waals surface area contributed by atoms with Gasteiger partial charge in [-0.05, 0) is 12.1 Å². The second-order valence-corrected chi connectivity index (χ2v) is 2.33. The van der Waals surface area contributed by atoms with Crippen LogP contribution in [0.15, 0.2) is 29.4 Å². The third kappa shape index (κ3) is 0.780. The fraction of sp³-hybridized carbons (Fsp3) is 0. The zero-order chi connectivity index (χ0) is 8.55. The van der Waals surface area contributed by atoms with Crippen molar-refractivity contribution in [3.05, 3.63) is 29.8 Å². The summed E-state index contributed by atoms with van der Waals surface area (Å²) in [7, 11) is 0. The van der Waals surface area contributed by atoms with Gasteiger partial charge in [0.15, 0.2) is 5.71 Å². The molecule has 0 bridgehead atoms. The molecule has 1 heterocycles. The normalized spacial score (nSPS) is 17.7. The smallest absolute Gasteiger partial charge is 0.366 e. The first-order valence-corrected chi connectivity index (χ1v) is 3.36. The van der Waals surface area contributed by atoms with Crippen molar-refractivity contribution in [1.82, 2.24) is 0 Å². The molecule has 0 aliphatic carbocycles. The van der Waals surface area contributed by atoms with Gasteiger partial charge in [-0.3, -0.25) is 0 Å². The summed E-state index contributed by atoms with van der Waals surface area (Å²) < 4.78 is 4.78. The van der Waals surface area contributed by atoms with E-state index in [4.69, 9.17) is 9.94 Å². The summed E-state index contributed by atoms with van der Waals surface area (Å²) in [5.41, 5.74) is 0.496. The fourth-order valence-electron chi connectivity index (χ4n) is 1.10. The molecule has 0 amide bonds. The van der Waals surface area contributed by atoms with E-state index < -0.39 is 5.97 Å². The highest BCUT2D eigenvalue weighted by atomic mass is 16.5. The largest absolute Gasteiger partial charge is 0.421 e. The molecule has 1 aromatic rings. The van der Waals surface area contributed by atoms with Gasteiger partial charge in [-0.2, -0.15) is 0 Å². The van der Waals surface area contributed by atoms with Gasteiger partial charge in [-0.1, -0.05) is 17.3 Å². The molecule has 2 rings (SSSR count). The van der Waals surface area contributed by atoms with Crippen molar-refractivity contribution in [2.45, 2.75) is 0 Å². The Balaban J connectivity index is 2.62. The minimum Gasteiger partial charge on any atom is -0.421 e. The summed E-state index contributed by atoms with van der Waals surface area (Å²) >= 11 is 0. The van der Waals surface area contributed by atoms with E-state index in [1.165, 1.54) is 0 Å². The summed E-state index contributed by atoms with van der Waals surface area (Å²) in [5.74, 6) is -0.172. The Kier molecular flexibility index (Phi) is 1.33. The van der Waals surface area contributed by atoms with E-state index in [2.05, 4.69) is 5.16 Å². The molecule has 1 aliphatic heterocycles. The maximum Gasteiger partial charge on any atom is 0.366 e. The zero-order valence-electron chi connectivity index (χ0n) is 6.02. The molecule has 1 aliphatic rings. The van der Waals surface area contributed by atoms with Crippen molar-refractivity contribution in [2.75, 3.05) is 0 Å². The van der Waals surface area contributed by atoms with E-state index in [1.807, 2.05) is 0 Å². The molecular formula is C8H5NO3. The molecule has 12 heavy (non-hydrogen) atoms. The predicted octanol–water partition coefficient (Wildman–Crippen LogP) is 0.784. The fourth-order valence-corrected chi connectivity index (χ4v) is 1.10. The average molecular weight is 163 g/mol. The topological polar surface area (TPSA) is 58.9 Å². The Hall–Kier alpha value is -1.84. The van der Waals surface area contributed by atoms with Gasteiger partial charge in [0.1, 0.15) is 5.75 Å². The number of para-hydroxylation sites is 1. The highest BCUT2D eigenvalue weighted by Gasteiger charge is 2.28. The van der Waals surface area contributed by atoms with Crippen LogP contribution in [-0.4, -0.2) is 16.9 Å². The first-order valence-electron chi connectivity index (χ1n) is 3.36. The summed E-state index contributed by atoms with van der Waals surface area (Å²) in [4.78, 5) is 10.9. The molecule has 4 heteroatoms. The van der Waals surface area contributed by atoms with Crippen LogP contribution >= 0.6 is 0 Å². The summed E-state index contributed by atoms with van der Waals surface area (Å²) in [6, 6.07) is 6.79. The van der Waals surface area contributed by atoms with Crippen molar-refractivity contribution in [3.63, 3.8) is 0 Å². The van der Waals surface area contributed by atoms with E-state index in [1.54, 1.807) is 24.3 Å². The van der Waals surface area contributed by atoms with Crippen molar-refractivity contribution in [1.29, 1.82) is 0 Å². The van der Waals surface area contributed by atoms with Crippen LogP contribution < -0.4 is 4.74 Å². The number of ether oxygens (including phenoxy) is 1. The second-order valence-electron chi connectivity index (χ2n) is 2.33. The third-order valence-corrected chi connectivity index (χ3v) is 1.64. The lowest BCUT2D eigenvalue weighted by Gasteiger charge is -1.91. The van der Waals surface area contributed by atoms with Crippen LogP contribution in [0.3, 0.4) is 0 Å². The Labute approximate surface area is 68.1 Å². The highest BCUT2D eigenvalue weighted by Crippen LogP contribution is 2.25. The molecule has 1 aromatic carbocycles. The Morgan fingerprint density at radius 3 is 2.83 bits per heavy atom. The number of hydrogen-bond acceptors (Lipinski definition) is 4. The SMILES string of the molecule is O=C1Oc2ccccc2C1=NO. The number of esters is 1. The van der Waals surface area contributed by atoms with E-state index in [0.29, 0.717) is 11.3 Å². The number of oxime groups is 1. The van der Waals surface area contributed by atoms with Crippen molar-refractivity contribution < 1.29 is 14.7 Å². The number of carbonyl (C=O) groups excluding carboxylic acids is 1. The number of hydrogen-bond donors (Lipinski definition) is 1. The molecule has 0 aromatic heterocycles. The van der Waals surface area contributed by atoms with Crippen LogP contribution in [0, 0.1) is 0 Å². The van der Waals surface area contributed by atoms with Gasteiger partial charge >= 0.3 is 5.97 Å². The van der Waals surface area contributed by atoms with Gasteiger partial charge < -0.3 is 9.94 Å². The Morgan fingerprint density at radius 1 is 1.33 bits per heavy atom. The van der Waals surface area contributed by atoms with Crippen LogP contribution in [0.1, 0.15) is 5.56 Å². The van der Waals surface area contributed by atoms with Gasteiger partial charge in [-0.25, -0.2) is 4.79 Å². The number of carbonyl (C=O) groups is 1. The Bertz CT molecular complexity index is 370. The zero-order valence-corrected chi connectivity index (χ0v) is 6.02. The maximum absolute atomic E-state index is 10.9. The molecule has 0 saturated heterocycles. The minimum atomic E-state index is -0.612. The number of nitrogens with zero attached hydrogens (tertiary/aromatic N) is 1.